The molecule has 1 aromatic carbocycles. The number of aromatic nitrogens is 2. The molecule has 0 saturated heterocycles. The van der Waals surface area contributed by atoms with Crippen LogP contribution in [0.5, 0.6) is 5.75 Å². The quantitative estimate of drug-likeness (QED) is 0.643. The van der Waals surface area contributed by atoms with Gasteiger partial charge >= 0.3 is 0 Å². The maximum Gasteiger partial charge on any atom is 0.270 e. The predicted octanol–water partition coefficient (Wildman–Crippen LogP) is 1.72. The van der Waals surface area contributed by atoms with Gasteiger partial charge in [0.05, 0.1) is 25.6 Å². The molecule has 0 saturated carbocycles. The Labute approximate surface area is 157 Å². The molecule has 1 atom stereocenters. The molecule has 1 N–H and O–H groups in total. The lowest BCUT2D eigenvalue weighted by Gasteiger charge is -2.22. The molecule has 0 aliphatic carbocycles. The van der Waals surface area contributed by atoms with Crippen molar-refractivity contribution in [3.05, 3.63) is 54.4 Å². The molecule has 0 fully saturated rings. The third-order valence-electron chi connectivity index (χ3n) is 4.22. The normalized spacial score (nSPS) is 17.3. The van der Waals surface area contributed by atoms with Crippen LogP contribution in [-0.4, -0.2) is 53.5 Å². The molecule has 0 radical (unpaired) electrons. The summed E-state index contributed by atoms with van der Waals surface area (Å²) in [7, 11) is 2.91. The van der Waals surface area contributed by atoms with Crippen LogP contribution in [0.1, 0.15) is 23.3 Å². The second-order valence-electron chi connectivity index (χ2n) is 6.01. The zero-order chi connectivity index (χ0) is 19.2. The van der Waals surface area contributed by atoms with Crippen molar-refractivity contribution in [3.8, 4) is 11.4 Å². The van der Waals surface area contributed by atoms with Crippen molar-refractivity contribution < 1.29 is 19.2 Å². The molecule has 0 unspecified atom stereocenters. The molecule has 2 bridgehead atoms. The first-order chi connectivity index (χ1) is 13.1. The average Bonchev–Trinajstić information content (AvgIpc) is 3.18. The molecule has 0 spiro atoms. The van der Waals surface area contributed by atoms with Crippen molar-refractivity contribution in [2.24, 2.45) is 0 Å². The van der Waals surface area contributed by atoms with E-state index in [-0.39, 0.29) is 5.91 Å². The Kier molecular flexibility index (Phi) is 5.87. The molecule has 8 nitrogen and oxygen atoms in total. The minimum atomic E-state index is -0.753. The second kappa shape index (κ2) is 8.50. The van der Waals surface area contributed by atoms with Crippen molar-refractivity contribution in [2.75, 3.05) is 20.8 Å². The van der Waals surface area contributed by atoms with Crippen LogP contribution in [-0.2, 0) is 9.63 Å². The summed E-state index contributed by atoms with van der Waals surface area (Å²) < 4.78 is 7.27. The van der Waals surface area contributed by atoms with Gasteiger partial charge < -0.3 is 10.1 Å². The Morgan fingerprint density at radius 2 is 2.22 bits per heavy atom. The summed E-state index contributed by atoms with van der Waals surface area (Å²) in [5.74, 6) is -0.0337. The van der Waals surface area contributed by atoms with Crippen LogP contribution in [0.25, 0.3) is 5.69 Å². The van der Waals surface area contributed by atoms with E-state index < -0.39 is 11.9 Å². The molecule has 2 heterocycles. The van der Waals surface area contributed by atoms with Crippen LogP contribution in [0, 0.1) is 0 Å². The fraction of sp³-hybridized carbons (Fsp3) is 0.316. The lowest BCUT2D eigenvalue weighted by molar-refractivity contribution is -0.170. The fourth-order valence-corrected chi connectivity index (χ4v) is 2.74. The van der Waals surface area contributed by atoms with Crippen molar-refractivity contribution in [2.45, 2.75) is 18.9 Å². The Hall–Kier alpha value is -3.13. The lowest BCUT2D eigenvalue weighted by atomic mass is 10.1. The average molecular weight is 370 g/mol. The Bertz CT molecular complexity index is 846. The van der Waals surface area contributed by atoms with Gasteiger partial charge in [0, 0.05) is 13.1 Å². The topological polar surface area (TPSA) is 85.7 Å². The van der Waals surface area contributed by atoms with E-state index in [1.165, 1.54) is 18.8 Å². The number of carbonyl (C=O) groups is 2. The molecular weight excluding hydrogens is 348 g/mol. The summed E-state index contributed by atoms with van der Waals surface area (Å²) in [6.45, 7) is 0.509. The summed E-state index contributed by atoms with van der Waals surface area (Å²) in [6, 6.07) is 8.21. The minimum absolute atomic E-state index is 0.325. The lowest BCUT2D eigenvalue weighted by Crippen LogP contribution is -2.47. The van der Waals surface area contributed by atoms with Gasteiger partial charge in [-0.15, -0.1) is 0 Å². The van der Waals surface area contributed by atoms with Gasteiger partial charge in [0.2, 0.25) is 0 Å². The first kappa shape index (κ1) is 18.7. The van der Waals surface area contributed by atoms with Crippen molar-refractivity contribution in [3.63, 3.8) is 0 Å². The van der Waals surface area contributed by atoms with Crippen LogP contribution in [0.4, 0.5) is 0 Å². The monoisotopic (exact) mass is 370 g/mol. The third kappa shape index (κ3) is 4.35. The number of ether oxygens (including phenoxy) is 1. The highest BCUT2D eigenvalue weighted by Gasteiger charge is 2.25. The third-order valence-corrected chi connectivity index (χ3v) is 4.22. The van der Waals surface area contributed by atoms with E-state index in [0.29, 0.717) is 36.6 Å². The summed E-state index contributed by atoms with van der Waals surface area (Å²) in [6.07, 6.45) is 6.36. The standard InChI is InChI=1S/C19H22N4O4/c1-22(26-2)19(25)16-9-4-3-5-12-27-15-8-6-7-14(13-15)23-17(10-11-20-23)18(24)21-16/h3-4,6-8,10-11,13,16H,5,9,12H2,1-2H3,(H,21,24)/t16-/m0/s1. The maximum absolute atomic E-state index is 12.8. The summed E-state index contributed by atoms with van der Waals surface area (Å²) in [4.78, 5) is 30.3. The Morgan fingerprint density at radius 1 is 1.37 bits per heavy atom. The molecule has 8 heteroatoms. The maximum atomic E-state index is 12.8. The zero-order valence-corrected chi connectivity index (χ0v) is 15.3. The van der Waals surface area contributed by atoms with Gasteiger partial charge in [0.15, 0.2) is 0 Å². The SMILES string of the molecule is CON(C)C(=O)[C@@H]1CC=CCCOc2cccc(c2)-n2nccc2C(=O)N1. The highest BCUT2D eigenvalue weighted by atomic mass is 16.7. The van der Waals surface area contributed by atoms with Gasteiger partial charge in [-0.25, -0.2) is 9.75 Å². The number of carbonyl (C=O) groups excluding carboxylic acids is 2. The molecule has 2 aromatic rings. The number of amides is 2. The van der Waals surface area contributed by atoms with E-state index in [1.807, 2.05) is 36.4 Å². The minimum Gasteiger partial charge on any atom is -0.493 e. The summed E-state index contributed by atoms with van der Waals surface area (Å²) >= 11 is 0. The van der Waals surface area contributed by atoms with E-state index in [2.05, 4.69) is 10.4 Å². The van der Waals surface area contributed by atoms with Crippen LogP contribution in [0.2, 0.25) is 0 Å². The highest BCUT2D eigenvalue weighted by molar-refractivity contribution is 5.96. The molecule has 1 aromatic heterocycles. The second-order valence-corrected chi connectivity index (χ2v) is 6.01. The predicted molar refractivity (Wildman–Crippen MR) is 98.5 cm³/mol. The van der Waals surface area contributed by atoms with Gasteiger partial charge in [-0.1, -0.05) is 18.2 Å². The summed E-state index contributed by atoms with van der Waals surface area (Å²) in [5.41, 5.74) is 1.03. The number of hydroxylamine groups is 2. The van der Waals surface area contributed by atoms with Crippen molar-refractivity contribution in [1.82, 2.24) is 20.2 Å². The Morgan fingerprint density at radius 3 is 3.04 bits per heavy atom. The smallest absolute Gasteiger partial charge is 0.270 e. The van der Waals surface area contributed by atoms with Gasteiger partial charge in [0.1, 0.15) is 17.5 Å². The number of likely N-dealkylation sites (N-methyl/N-ethyl adjacent to an activating group) is 1. The molecule has 27 heavy (non-hydrogen) atoms. The number of nitrogens with one attached hydrogen (secondary N) is 1. The number of fused-ring (bicyclic) bond motifs is 4. The number of nitrogens with zero attached hydrogens (tertiary/aromatic N) is 3. The molecular formula is C19H22N4O4. The Balaban J connectivity index is 1.95. The largest absolute Gasteiger partial charge is 0.493 e. The van der Waals surface area contributed by atoms with E-state index in [0.717, 1.165) is 5.06 Å². The van der Waals surface area contributed by atoms with Gasteiger partial charge in [-0.2, -0.15) is 5.10 Å². The molecule has 3 rings (SSSR count). The van der Waals surface area contributed by atoms with Crippen LogP contribution >= 0.6 is 0 Å². The summed E-state index contributed by atoms with van der Waals surface area (Å²) in [5, 5.41) is 8.12. The molecule has 1 aliphatic rings. The van der Waals surface area contributed by atoms with Gasteiger partial charge in [-0.05, 0) is 31.0 Å². The first-order valence-electron chi connectivity index (χ1n) is 8.65. The van der Waals surface area contributed by atoms with Gasteiger partial charge in [-0.3, -0.25) is 14.4 Å². The van der Waals surface area contributed by atoms with Crippen molar-refractivity contribution in [1.29, 1.82) is 0 Å². The number of hydrogen-bond acceptors (Lipinski definition) is 5. The van der Waals surface area contributed by atoms with E-state index in [4.69, 9.17) is 9.57 Å². The van der Waals surface area contributed by atoms with E-state index in [1.54, 1.807) is 12.3 Å². The van der Waals surface area contributed by atoms with Gasteiger partial charge in [0.25, 0.3) is 11.8 Å². The fourth-order valence-electron chi connectivity index (χ4n) is 2.74. The van der Waals surface area contributed by atoms with E-state index >= 15 is 0 Å². The zero-order valence-electron chi connectivity index (χ0n) is 15.3. The van der Waals surface area contributed by atoms with Crippen LogP contribution < -0.4 is 10.1 Å². The molecule has 2 amide bonds. The van der Waals surface area contributed by atoms with Crippen molar-refractivity contribution >= 4 is 11.8 Å². The molecule has 1 aliphatic heterocycles. The van der Waals surface area contributed by atoms with Crippen LogP contribution in [0.3, 0.4) is 0 Å². The highest BCUT2D eigenvalue weighted by Crippen LogP contribution is 2.19. The van der Waals surface area contributed by atoms with Crippen LogP contribution in [0.15, 0.2) is 48.7 Å². The van der Waals surface area contributed by atoms with E-state index in [9.17, 15) is 9.59 Å². The molecule has 142 valence electrons. The first-order valence-corrected chi connectivity index (χ1v) is 8.65. The number of hydrogen-bond donors (Lipinski definition) is 1. The number of benzene rings is 1. The number of rotatable bonds is 2.